The molecule has 0 radical (unpaired) electrons. The van der Waals surface area contributed by atoms with Crippen molar-refractivity contribution in [3.63, 3.8) is 0 Å². The number of hydrogen-bond acceptors (Lipinski definition) is 5. The SMILES string of the molecule is COC(=O)CC(NC(=O)NCc1ccccc1)C(=O)OC. The molecule has 2 N–H and O–H groups in total. The summed E-state index contributed by atoms with van der Waals surface area (Å²) in [6.07, 6.45) is -0.290. The first kappa shape index (κ1) is 16.5. The van der Waals surface area contributed by atoms with Crippen LogP contribution in [-0.4, -0.2) is 38.2 Å². The average Bonchev–Trinajstić information content (AvgIpc) is 2.52. The zero-order chi connectivity index (χ0) is 15.7. The summed E-state index contributed by atoms with van der Waals surface area (Å²) in [5, 5.41) is 4.97. The van der Waals surface area contributed by atoms with Crippen LogP contribution >= 0.6 is 0 Å². The largest absolute Gasteiger partial charge is 0.469 e. The molecule has 21 heavy (non-hydrogen) atoms. The molecule has 0 aliphatic carbocycles. The minimum atomic E-state index is -1.08. The van der Waals surface area contributed by atoms with Crippen molar-refractivity contribution >= 4 is 18.0 Å². The van der Waals surface area contributed by atoms with E-state index in [-0.39, 0.29) is 6.42 Å². The third kappa shape index (κ3) is 5.94. The van der Waals surface area contributed by atoms with Gasteiger partial charge in [-0.1, -0.05) is 30.3 Å². The molecule has 1 atom stereocenters. The van der Waals surface area contributed by atoms with E-state index in [0.717, 1.165) is 5.56 Å². The molecular weight excluding hydrogens is 276 g/mol. The lowest BCUT2D eigenvalue weighted by molar-refractivity contribution is -0.149. The maximum Gasteiger partial charge on any atom is 0.329 e. The lowest BCUT2D eigenvalue weighted by Crippen LogP contribution is -2.47. The van der Waals surface area contributed by atoms with Gasteiger partial charge in [-0.05, 0) is 5.56 Å². The highest BCUT2D eigenvalue weighted by Crippen LogP contribution is 1.99. The van der Waals surface area contributed by atoms with Crippen LogP contribution in [0.3, 0.4) is 0 Å². The minimum Gasteiger partial charge on any atom is -0.469 e. The molecule has 0 bridgehead atoms. The van der Waals surface area contributed by atoms with Gasteiger partial charge < -0.3 is 20.1 Å². The number of ether oxygens (including phenoxy) is 2. The molecule has 7 nitrogen and oxygen atoms in total. The van der Waals surface area contributed by atoms with Crippen LogP contribution in [0.4, 0.5) is 4.79 Å². The summed E-state index contributed by atoms with van der Waals surface area (Å²) in [6.45, 7) is 0.304. The summed E-state index contributed by atoms with van der Waals surface area (Å²) in [7, 11) is 2.38. The molecule has 0 aliphatic heterocycles. The topological polar surface area (TPSA) is 93.7 Å². The van der Waals surface area contributed by atoms with Gasteiger partial charge in [0, 0.05) is 6.54 Å². The molecular formula is C14H18N2O5. The van der Waals surface area contributed by atoms with Crippen molar-refractivity contribution in [3.05, 3.63) is 35.9 Å². The van der Waals surface area contributed by atoms with Gasteiger partial charge in [0.25, 0.3) is 0 Å². The van der Waals surface area contributed by atoms with Crippen molar-refractivity contribution in [2.75, 3.05) is 14.2 Å². The Balaban J connectivity index is 2.51. The van der Waals surface area contributed by atoms with Crippen molar-refractivity contribution in [1.82, 2.24) is 10.6 Å². The van der Waals surface area contributed by atoms with Crippen LogP contribution in [0.2, 0.25) is 0 Å². The van der Waals surface area contributed by atoms with Crippen LogP contribution in [0.1, 0.15) is 12.0 Å². The molecule has 0 heterocycles. The van der Waals surface area contributed by atoms with Crippen LogP contribution in [0.5, 0.6) is 0 Å². The van der Waals surface area contributed by atoms with Gasteiger partial charge in [-0.3, -0.25) is 4.79 Å². The fraction of sp³-hybridized carbons (Fsp3) is 0.357. The van der Waals surface area contributed by atoms with E-state index >= 15 is 0 Å². The second kappa shape index (κ2) is 8.57. The maximum absolute atomic E-state index is 11.7. The highest BCUT2D eigenvalue weighted by molar-refractivity contribution is 5.87. The predicted molar refractivity (Wildman–Crippen MR) is 74.3 cm³/mol. The maximum atomic E-state index is 11.7. The number of carbonyl (C=O) groups excluding carboxylic acids is 3. The number of rotatable bonds is 6. The summed E-state index contributed by atoms with van der Waals surface area (Å²) in [4.78, 5) is 34.4. The second-order valence-corrected chi connectivity index (χ2v) is 4.17. The Morgan fingerprint density at radius 1 is 1.10 bits per heavy atom. The fourth-order valence-electron chi connectivity index (χ4n) is 1.57. The van der Waals surface area contributed by atoms with Crippen LogP contribution in [-0.2, 0) is 25.6 Å². The number of urea groups is 1. The number of hydrogen-bond donors (Lipinski definition) is 2. The van der Waals surface area contributed by atoms with Gasteiger partial charge in [0.05, 0.1) is 20.6 Å². The molecule has 0 saturated carbocycles. The molecule has 2 amide bonds. The van der Waals surface area contributed by atoms with Crippen LogP contribution < -0.4 is 10.6 Å². The highest BCUT2D eigenvalue weighted by atomic mass is 16.5. The van der Waals surface area contributed by atoms with Crippen molar-refractivity contribution in [2.24, 2.45) is 0 Å². The normalized spacial score (nSPS) is 11.1. The van der Waals surface area contributed by atoms with E-state index in [2.05, 4.69) is 20.1 Å². The first-order chi connectivity index (χ1) is 10.1. The lowest BCUT2D eigenvalue weighted by atomic mass is 10.2. The molecule has 7 heteroatoms. The number of amides is 2. The Kier molecular flexibility index (Phi) is 6.73. The summed E-state index contributed by atoms with van der Waals surface area (Å²) in [5.41, 5.74) is 0.912. The van der Waals surface area contributed by atoms with E-state index in [1.807, 2.05) is 30.3 Å². The van der Waals surface area contributed by atoms with Gasteiger partial charge in [0.2, 0.25) is 0 Å². The monoisotopic (exact) mass is 294 g/mol. The van der Waals surface area contributed by atoms with Crippen molar-refractivity contribution < 1.29 is 23.9 Å². The molecule has 1 aromatic rings. The van der Waals surface area contributed by atoms with E-state index in [1.165, 1.54) is 14.2 Å². The Morgan fingerprint density at radius 3 is 2.33 bits per heavy atom. The predicted octanol–water partition coefficient (Wildman–Crippen LogP) is 0.590. The van der Waals surface area contributed by atoms with E-state index in [1.54, 1.807) is 0 Å². The quantitative estimate of drug-likeness (QED) is 0.749. The van der Waals surface area contributed by atoms with E-state index in [4.69, 9.17) is 0 Å². The third-order valence-corrected chi connectivity index (χ3v) is 2.69. The zero-order valence-electron chi connectivity index (χ0n) is 11.9. The highest BCUT2D eigenvalue weighted by Gasteiger charge is 2.24. The smallest absolute Gasteiger partial charge is 0.329 e. The molecule has 114 valence electrons. The first-order valence-electron chi connectivity index (χ1n) is 6.29. The molecule has 0 aromatic heterocycles. The van der Waals surface area contributed by atoms with Crippen LogP contribution in [0.25, 0.3) is 0 Å². The van der Waals surface area contributed by atoms with E-state index in [0.29, 0.717) is 6.54 Å². The Hall–Kier alpha value is -2.57. The molecule has 1 rings (SSSR count). The molecule has 0 fully saturated rings. The van der Waals surface area contributed by atoms with Gasteiger partial charge in [0.1, 0.15) is 6.04 Å². The van der Waals surface area contributed by atoms with Gasteiger partial charge in [-0.15, -0.1) is 0 Å². The number of methoxy groups -OCH3 is 2. The molecule has 0 aliphatic rings. The van der Waals surface area contributed by atoms with Crippen molar-refractivity contribution in [1.29, 1.82) is 0 Å². The molecule has 0 spiro atoms. The molecule has 0 saturated heterocycles. The van der Waals surface area contributed by atoms with Crippen LogP contribution in [0.15, 0.2) is 30.3 Å². The van der Waals surface area contributed by atoms with Gasteiger partial charge in [-0.25, -0.2) is 9.59 Å². The standard InChI is InChI=1S/C14H18N2O5/c1-20-12(17)8-11(13(18)21-2)16-14(19)15-9-10-6-4-3-5-7-10/h3-7,11H,8-9H2,1-2H3,(H2,15,16,19). The van der Waals surface area contributed by atoms with Gasteiger partial charge >= 0.3 is 18.0 Å². The Morgan fingerprint density at radius 2 is 1.76 bits per heavy atom. The summed E-state index contributed by atoms with van der Waals surface area (Å²) in [5.74, 6) is -1.33. The van der Waals surface area contributed by atoms with Gasteiger partial charge in [0.15, 0.2) is 0 Å². The van der Waals surface area contributed by atoms with Crippen molar-refractivity contribution in [2.45, 2.75) is 19.0 Å². The Labute approximate surface area is 122 Å². The van der Waals surface area contributed by atoms with E-state index < -0.39 is 24.0 Å². The third-order valence-electron chi connectivity index (χ3n) is 2.69. The average molecular weight is 294 g/mol. The first-order valence-corrected chi connectivity index (χ1v) is 6.29. The number of nitrogens with one attached hydrogen (secondary N) is 2. The summed E-state index contributed by atoms with van der Waals surface area (Å²) < 4.78 is 9.00. The van der Waals surface area contributed by atoms with Crippen LogP contribution in [0, 0.1) is 0 Å². The molecule has 1 aromatic carbocycles. The fourth-order valence-corrected chi connectivity index (χ4v) is 1.57. The van der Waals surface area contributed by atoms with E-state index in [9.17, 15) is 14.4 Å². The second-order valence-electron chi connectivity index (χ2n) is 4.17. The molecule has 1 unspecified atom stereocenters. The number of esters is 2. The lowest BCUT2D eigenvalue weighted by Gasteiger charge is -2.15. The van der Waals surface area contributed by atoms with Gasteiger partial charge in [-0.2, -0.15) is 0 Å². The minimum absolute atomic E-state index is 0.290. The number of benzene rings is 1. The summed E-state index contributed by atoms with van der Waals surface area (Å²) >= 11 is 0. The summed E-state index contributed by atoms with van der Waals surface area (Å²) in [6, 6.07) is 7.62. The number of carbonyl (C=O) groups is 3. The zero-order valence-corrected chi connectivity index (χ0v) is 11.9. The van der Waals surface area contributed by atoms with Crippen molar-refractivity contribution in [3.8, 4) is 0 Å². The Bertz CT molecular complexity index is 489.